The first-order chi connectivity index (χ1) is 13.9. The van der Waals surface area contributed by atoms with Crippen molar-refractivity contribution in [2.45, 2.75) is 45.6 Å². The molecule has 1 aliphatic carbocycles. The Hall–Kier alpha value is -2.68. The molecule has 2 fully saturated rings. The number of carbonyl (C=O) groups is 1. The molecular weight excluding hydrogens is 374 g/mol. The van der Waals surface area contributed by atoms with Crippen LogP contribution >= 0.6 is 0 Å². The second-order valence-corrected chi connectivity index (χ2v) is 8.15. The Bertz CT molecular complexity index is 872. The van der Waals surface area contributed by atoms with Gasteiger partial charge < -0.3 is 24.2 Å². The first kappa shape index (κ1) is 19.6. The summed E-state index contributed by atoms with van der Waals surface area (Å²) in [6.45, 7) is 8.09. The van der Waals surface area contributed by atoms with Crippen LogP contribution in [-0.2, 0) is 10.3 Å². The van der Waals surface area contributed by atoms with Gasteiger partial charge in [0.1, 0.15) is 18.1 Å². The molecule has 0 aromatic carbocycles. The highest BCUT2D eigenvalue weighted by molar-refractivity contribution is 5.93. The van der Waals surface area contributed by atoms with Crippen LogP contribution in [0.3, 0.4) is 0 Å². The number of anilines is 1. The van der Waals surface area contributed by atoms with E-state index in [-0.39, 0.29) is 11.6 Å². The fourth-order valence-electron chi connectivity index (χ4n) is 3.13. The van der Waals surface area contributed by atoms with Crippen LogP contribution in [0.5, 0.6) is 5.88 Å². The van der Waals surface area contributed by atoms with Crippen molar-refractivity contribution in [2.24, 2.45) is 5.92 Å². The predicted octanol–water partition coefficient (Wildman–Crippen LogP) is 2.41. The molecule has 4 rings (SSSR count). The van der Waals surface area contributed by atoms with Gasteiger partial charge in [0.2, 0.25) is 11.8 Å². The minimum absolute atomic E-state index is 0.283. The van der Waals surface area contributed by atoms with E-state index in [9.17, 15) is 4.79 Å². The Morgan fingerprint density at radius 2 is 2.17 bits per heavy atom. The number of rotatable bonds is 7. The van der Waals surface area contributed by atoms with E-state index < -0.39 is 5.54 Å². The van der Waals surface area contributed by atoms with Crippen molar-refractivity contribution in [1.82, 2.24) is 20.4 Å². The number of aryl methyl sites for hydroxylation is 1. The average molecular weight is 401 g/mol. The molecule has 2 aromatic heterocycles. The Kier molecular flexibility index (Phi) is 5.40. The maximum Gasteiger partial charge on any atom is 0.270 e. The molecule has 1 amide bonds. The second kappa shape index (κ2) is 7.98. The minimum Gasteiger partial charge on any atom is -0.476 e. The van der Waals surface area contributed by atoms with Crippen LogP contribution in [0.1, 0.15) is 55.3 Å². The van der Waals surface area contributed by atoms with Crippen LogP contribution in [0.15, 0.2) is 16.7 Å². The van der Waals surface area contributed by atoms with Gasteiger partial charge in [-0.2, -0.15) is 4.98 Å². The molecule has 1 saturated heterocycles. The summed E-state index contributed by atoms with van der Waals surface area (Å²) in [5.74, 6) is 1.60. The standard InChI is InChI=1S/C20H27N5O4/c1-13-21-19(24-29-13)20(2,3)23-17(26)15-7-8-16(25-9-4-10-27-12-25)18(22-15)28-11-14-5-6-14/h7-8,14H,4-6,9-12H2,1-3H3,(H,23,26). The van der Waals surface area contributed by atoms with E-state index in [4.69, 9.17) is 14.0 Å². The number of hydrogen-bond acceptors (Lipinski definition) is 8. The third-order valence-corrected chi connectivity index (χ3v) is 5.04. The molecule has 1 aliphatic heterocycles. The number of pyridine rings is 1. The largest absolute Gasteiger partial charge is 0.476 e. The van der Waals surface area contributed by atoms with E-state index in [0.29, 0.717) is 36.9 Å². The highest BCUT2D eigenvalue weighted by Gasteiger charge is 2.30. The fourth-order valence-corrected chi connectivity index (χ4v) is 3.13. The zero-order valence-electron chi connectivity index (χ0n) is 17.1. The number of hydrogen-bond donors (Lipinski definition) is 1. The van der Waals surface area contributed by atoms with E-state index in [1.54, 1.807) is 13.0 Å². The van der Waals surface area contributed by atoms with Crippen molar-refractivity contribution >= 4 is 11.6 Å². The molecule has 0 unspecified atom stereocenters. The Morgan fingerprint density at radius 1 is 1.34 bits per heavy atom. The summed E-state index contributed by atoms with van der Waals surface area (Å²) < 4.78 is 16.6. The molecule has 9 nitrogen and oxygen atoms in total. The smallest absolute Gasteiger partial charge is 0.270 e. The molecule has 0 spiro atoms. The summed E-state index contributed by atoms with van der Waals surface area (Å²) in [6, 6.07) is 3.59. The molecule has 29 heavy (non-hydrogen) atoms. The summed E-state index contributed by atoms with van der Waals surface area (Å²) in [5, 5.41) is 6.84. The van der Waals surface area contributed by atoms with Gasteiger partial charge in [-0.1, -0.05) is 5.16 Å². The average Bonchev–Trinajstić information content (AvgIpc) is 3.44. The quantitative estimate of drug-likeness (QED) is 0.755. The van der Waals surface area contributed by atoms with E-state index >= 15 is 0 Å². The number of nitrogens with one attached hydrogen (secondary N) is 1. The summed E-state index contributed by atoms with van der Waals surface area (Å²) in [7, 11) is 0. The van der Waals surface area contributed by atoms with Gasteiger partial charge in [0.25, 0.3) is 5.91 Å². The third kappa shape index (κ3) is 4.67. The minimum atomic E-state index is -0.801. The van der Waals surface area contributed by atoms with Gasteiger partial charge in [-0.3, -0.25) is 4.79 Å². The molecule has 9 heteroatoms. The lowest BCUT2D eigenvalue weighted by atomic mass is 10.0. The molecule has 0 radical (unpaired) electrons. The summed E-state index contributed by atoms with van der Waals surface area (Å²) >= 11 is 0. The molecule has 156 valence electrons. The maximum absolute atomic E-state index is 12.9. The molecule has 2 aliphatic rings. The lowest BCUT2D eigenvalue weighted by Crippen LogP contribution is -2.42. The zero-order chi connectivity index (χ0) is 20.4. The van der Waals surface area contributed by atoms with E-state index in [1.807, 2.05) is 19.9 Å². The lowest BCUT2D eigenvalue weighted by molar-refractivity contribution is 0.0900. The number of nitrogens with zero attached hydrogens (tertiary/aromatic N) is 4. The Labute approximate surface area is 169 Å². The SMILES string of the molecule is Cc1nc(C(C)(C)NC(=O)c2ccc(N3CCCOC3)c(OCC3CC3)n2)no1. The van der Waals surface area contributed by atoms with Crippen LogP contribution in [0.2, 0.25) is 0 Å². The van der Waals surface area contributed by atoms with Crippen molar-refractivity contribution in [2.75, 3.05) is 31.4 Å². The second-order valence-electron chi connectivity index (χ2n) is 8.15. The van der Waals surface area contributed by atoms with Gasteiger partial charge in [0.05, 0.1) is 18.8 Å². The van der Waals surface area contributed by atoms with Crippen LogP contribution < -0.4 is 15.0 Å². The van der Waals surface area contributed by atoms with Crippen molar-refractivity contribution in [3.05, 3.63) is 29.5 Å². The molecule has 2 aromatic rings. The normalized spacial score (nSPS) is 17.3. The summed E-state index contributed by atoms with van der Waals surface area (Å²) in [4.78, 5) is 23.7. The molecule has 1 saturated carbocycles. The predicted molar refractivity (Wildman–Crippen MR) is 105 cm³/mol. The van der Waals surface area contributed by atoms with Crippen LogP contribution in [0.25, 0.3) is 0 Å². The molecule has 1 N–H and O–H groups in total. The number of carbonyl (C=O) groups excluding carboxylic acids is 1. The van der Waals surface area contributed by atoms with Crippen LogP contribution in [0, 0.1) is 12.8 Å². The van der Waals surface area contributed by atoms with Crippen molar-refractivity contribution in [1.29, 1.82) is 0 Å². The number of amides is 1. The van der Waals surface area contributed by atoms with E-state index in [1.165, 1.54) is 12.8 Å². The topological polar surface area (TPSA) is 103 Å². The van der Waals surface area contributed by atoms with Gasteiger partial charge in [0.15, 0.2) is 5.82 Å². The number of ether oxygens (including phenoxy) is 2. The van der Waals surface area contributed by atoms with Gasteiger partial charge in [-0.25, -0.2) is 4.98 Å². The first-order valence-electron chi connectivity index (χ1n) is 10.0. The molecule has 0 atom stereocenters. The Morgan fingerprint density at radius 3 is 2.83 bits per heavy atom. The zero-order valence-corrected chi connectivity index (χ0v) is 17.1. The molecular formula is C20H27N5O4. The van der Waals surface area contributed by atoms with Crippen molar-refractivity contribution < 1.29 is 18.8 Å². The van der Waals surface area contributed by atoms with Crippen molar-refractivity contribution in [3.63, 3.8) is 0 Å². The summed E-state index contributed by atoms with van der Waals surface area (Å²) in [6.07, 6.45) is 3.31. The monoisotopic (exact) mass is 401 g/mol. The molecule has 3 heterocycles. The fraction of sp³-hybridized carbons (Fsp3) is 0.600. The highest BCUT2D eigenvalue weighted by Crippen LogP contribution is 2.33. The van der Waals surface area contributed by atoms with Crippen LogP contribution in [-0.4, -0.2) is 47.5 Å². The van der Waals surface area contributed by atoms with Gasteiger partial charge in [-0.15, -0.1) is 0 Å². The van der Waals surface area contributed by atoms with E-state index in [2.05, 4.69) is 25.3 Å². The lowest BCUT2D eigenvalue weighted by Gasteiger charge is -2.30. The van der Waals surface area contributed by atoms with Gasteiger partial charge >= 0.3 is 0 Å². The number of aromatic nitrogens is 3. The third-order valence-electron chi connectivity index (χ3n) is 5.04. The van der Waals surface area contributed by atoms with Crippen molar-refractivity contribution in [3.8, 4) is 5.88 Å². The summed E-state index contributed by atoms with van der Waals surface area (Å²) in [5.41, 5.74) is 0.339. The van der Waals surface area contributed by atoms with Gasteiger partial charge in [-0.05, 0) is 51.2 Å². The van der Waals surface area contributed by atoms with Gasteiger partial charge in [0, 0.05) is 13.5 Å². The first-order valence-corrected chi connectivity index (χ1v) is 10.0. The Balaban J connectivity index is 1.54. The van der Waals surface area contributed by atoms with Crippen LogP contribution in [0.4, 0.5) is 5.69 Å². The highest BCUT2D eigenvalue weighted by atomic mass is 16.5. The maximum atomic E-state index is 12.9. The van der Waals surface area contributed by atoms with E-state index in [0.717, 1.165) is 25.3 Å². The molecule has 0 bridgehead atoms.